The van der Waals surface area contributed by atoms with E-state index >= 15 is 0 Å². The fraction of sp³-hybridized carbons (Fsp3) is 0.545. The van der Waals surface area contributed by atoms with Crippen molar-refractivity contribution in [3.8, 4) is 0 Å². The van der Waals surface area contributed by atoms with Crippen molar-refractivity contribution in [3.05, 3.63) is 21.9 Å². The molecular formula is C11H19N3S. The maximum absolute atomic E-state index is 5.89. The van der Waals surface area contributed by atoms with Gasteiger partial charge in [0.1, 0.15) is 0 Å². The van der Waals surface area contributed by atoms with Gasteiger partial charge in [0.2, 0.25) is 0 Å². The zero-order valence-electron chi connectivity index (χ0n) is 9.66. The summed E-state index contributed by atoms with van der Waals surface area (Å²) in [6.07, 6.45) is 0. The Morgan fingerprint density at radius 1 is 1.47 bits per heavy atom. The van der Waals surface area contributed by atoms with Gasteiger partial charge in [0.25, 0.3) is 0 Å². The summed E-state index contributed by atoms with van der Waals surface area (Å²) in [5.41, 5.74) is 7.19. The van der Waals surface area contributed by atoms with Crippen LogP contribution in [0.3, 0.4) is 0 Å². The normalized spacial score (nSPS) is 11.8. The van der Waals surface area contributed by atoms with Crippen LogP contribution in [0.5, 0.6) is 0 Å². The van der Waals surface area contributed by atoms with Gasteiger partial charge in [-0.2, -0.15) is 0 Å². The number of hydrogen-bond donors (Lipinski definition) is 1. The number of aryl methyl sites for hydroxylation is 1. The molecule has 1 heterocycles. The second kappa shape index (κ2) is 5.75. The Morgan fingerprint density at radius 3 is 2.60 bits per heavy atom. The van der Waals surface area contributed by atoms with Gasteiger partial charge in [0.05, 0.1) is 6.54 Å². The Hall–Kier alpha value is -1.03. The summed E-state index contributed by atoms with van der Waals surface area (Å²) < 4.78 is 0. The second-order valence-corrected chi connectivity index (χ2v) is 4.37. The van der Waals surface area contributed by atoms with Gasteiger partial charge in [0.15, 0.2) is 5.96 Å². The molecule has 1 aromatic heterocycles. The van der Waals surface area contributed by atoms with Crippen LogP contribution in [0.25, 0.3) is 0 Å². The van der Waals surface area contributed by atoms with E-state index in [4.69, 9.17) is 5.73 Å². The third-order valence-corrected chi connectivity index (χ3v) is 3.45. The van der Waals surface area contributed by atoms with Crippen molar-refractivity contribution in [1.82, 2.24) is 4.90 Å². The molecule has 0 aliphatic heterocycles. The van der Waals surface area contributed by atoms with Crippen LogP contribution in [-0.2, 0) is 6.54 Å². The smallest absolute Gasteiger partial charge is 0.191 e. The van der Waals surface area contributed by atoms with Crippen LogP contribution in [-0.4, -0.2) is 23.9 Å². The minimum absolute atomic E-state index is 0.646. The van der Waals surface area contributed by atoms with Crippen molar-refractivity contribution in [2.75, 3.05) is 13.1 Å². The number of nitrogens with two attached hydrogens (primary N) is 1. The molecule has 0 radical (unpaired) electrons. The summed E-state index contributed by atoms with van der Waals surface area (Å²) in [6.45, 7) is 8.80. The van der Waals surface area contributed by atoms with E-state index in [0.717, 1.165) is 13.1 Å². The lowest BCUT2D eigenvalue weighted by molar-refractivity contribution is 0.458. The van der Waals surface area contributed by atoms with Crippen LogP contribution >= 0.6 is 11.3 Å². The summed E-state index contributed by atoms with van der Waals surface area (Å²) in [7, 11) is 0. The van der Waals surface area contributed by atoms with Crippen LogP contribution in [0.2, 0.25) is 0 Å². The van der Waals surface area contributed by atoms with Gasteiger partial charge in [-0.1, -0.05) is 0 Å². The lowest BCUT2D eigenvalue weighted by Gasteiger charge is -2.19. The summed E-state index contributed by atoms with van der Waals surface area (Å²) >= 11 is 1.74. The molecule has 84 valence electrons. The van der Waals surface area contributed by atoms with E-state index in [1.807, 2.05) is 0 Å². The molecule has 0 aromatic carbocycles. The Bertz CT molecular complexity index is 326. The Morgan fingerprint density at radius 2 is 2.13 bits per heavy atom. The van der Waals surface area contributed by atoms with Crippen LogP contribution in [0.4, 0.5) is 0 Å². The molecule has 15 heavy (non-hydrogen) atoms. The standard InChI is InChI=1S/C11H19N3S/c1-4-14(5-2)11(12)13-8-10-9(3)6-7-15-10/h6-7H,4-5,8H2,1-3H3,(H2,12,13). The van der Waals surface area contributed by atoms with E-state index in [1.165, 1.54) is 10.4 Å². The molecule has 1 rings (SSSR count). The molecule has 4 heteroatoms. The maximum atomic E-state index is 5.89. The minimum Gasteiger partial charge on any atom is -0.370 e. The quantitative estimate of drug-likeness (QED) is 0.630. The molecule has 0 unspecified atom stereocenters. The molecule has 0 aliphatic carbocycles. The van der Waals surface area contributed by atoms with E-state index in [1.54, 1.807) is 11.3 Å². The largest absolute Gasteiger partial charge is 0.370 e. The number of thiophene rings is 1. The highest BCUT2D eigenvalue weighted by atomic mass is 32.1. The van der Waals surface area contributed by atoms with Gasteiger partial charge in [0, 0.05) is 18.0 Å². The number of aliphatic imine (C=N–C) groups is 1. The molecule has 2 N–H and O–H groups in total. The Balaban J connectivity index is 2.61. The van der Waals surface area contributed by atoms with E-state index in [2.05, 4.69) is 42.1 Å². The van der Waals surface area contributed by atoms with Crippen LogP contribution in [0, 0.1) is 6.92 Å². The van der Waals surface area contributed by atoms with Crippen molar-refractivity contribution in [2.24, 2.45) is 10.7 Å². The predicted octanol–water partition coefficient (Wildman–Crippen LogP) is 2.21. The monoisotopic (exact) mass is 225 g/mol. The summed E-state index contributed by atoms with van der Waals surface area (Å²) in [5, 5.41) is 2.09. The Labute approximate surface area is 95.6 Å². The number of hydrogen-bond acceptors (Lipinski definition) is 2. The average molecular weight is 225 g/mol. The molecule has 0 fully saturated rings. The van der Waals surface area contributed by atoms with Crippen LogP contribution in [0.1, 0.15) is 24.3 Å². The lowest BCUT2D eigenvalue weighted by Crippen LogP contribution is -2.37. The lowest BCUT2D eigenvalue weighted by atomic mass is 10.3. The maximum Gasteiger partial charge on any atom is 0.191 e. The van der Waals surface area contributed by atoms with E-state index in [9.17, 15) is 0 Å². The number of nitrogens with zero attached hydrogens (tertiary/aromatic N) is 2. The van der Waals surface area contributed by atoms with Crippen LogP contribution < -0.4 is 5.73 Å². The van der Waals surface area contributed by atoms with Crippen molar-refractivity contribution >= 4 is 17.3 Å². The van der Waals surface area contributed by atoms with Gasteiger partial charge in [-0.25, -0.2) is 4.99 Å². The third-order valence-electron chi connectivity index (χ3n) is 2.44. The van der Waals surface area contributed by atoms with Gasteiger partial charge in [-0.15, -0.1) is 11.3 Å². The summed E-state index contributed by atoms with van der Waals surface area (Å²) in [5.74, 6) is 0.646. The topological polar surface area (TPSA) is 41.6 Å². The van der Waals surface area contributed by atoms with Gasteiger partial charge < -0.3 is 10.6 Å². The number of rotatable bonds is 4. The number of guanidine groups is 1. The molecule has 1 aromatic rings. The predicted molar refractivity (Wildman–Crippen MR) is 67.3 cm³/mol. The van der Waals surface area contributed by atoms with Crippen LogP contribution in [0.15, 0.2) is 16.4 Å². The molecule has 0 saturated heterocycles. The molecule has 0 amide bonds. The average Bonchev–Trinajstić information content (AvgIpc) is 2.63. The molecule has 0 atom stereocenters. The van der Waals surface area contributed by atoms with E-state index in [-0.39, 0.29) is 0 Å². The zero-order chi connectivity index (χ0) is 11.3. The zero-order valence-corrected chi connectivity index (χ0v) is 10.5. The van der Waals surface area contributed by atoms with E-state index in [0.29, 0.717) is 12.5 Å². The first-order valence-corrected chi connectivity index (χ1v) is 6.14. The minimum atomic E-state index is 0.646. The highest BCUT2D eigenvalue weighted by Gasteiger charge is 2.03. The van der Waals surface area contributed by atoms with Crippen molar-refractivity contribution in [1.29, 1.82) is 0 Å². The summed E-state index contributed by atoms with van der Waals surface area (Å²) in [4.78, 5) is 7.76. The first-order chi connectivity index (χ1) is 7.19. The summed E-state index contributed by atoms with van der Waals surface area (Å²) in [6, 6.07) is 2.11. The molecule has 0 bridgehead atoms. The SMILES string of the molecule is CCN(CC)C(N)=NCc1sccc1C. The molecule has 3 nitrogen and oxygen atoms in total. The fourth-order valence-electron chi connectivity index (χ4n) is 1.37. The van der Waals surface area contributed by atoms with Gasteiger partial charge in [-0.3, -0.25) is 0 Å². The fourth-order valence-corrected chi connectivity index (χ4v) is 2.20. The highest BCUT2D eigenvalue weighted by Crippen LogP contribution is 2.16. The molecule has 0 saturated carbocycles. The first-order valence-electron chi connectivity index (χ1n) is 5.26. The highest BCUT2D eigenvalue weighted by molar-refractivity contribution is 7.10. The van der Waals surface area contributed by atoms with Crippen molar-refractivity contribution in [3.63, 3.8) is 0 Å². The van der Waals surface area contributed by atoms with Gasteiger partial charge >= 0.3 is 0 Å². The van der Waals surface area contributed by atoms with E-state index < -0.39 is 0 Å². The Kier molecular flexibility index (Phi) is 4.62. The van der Waals surface area contributed by atoms with Crippen molar-refractivity contribution in [2.45, 2.75) is 27.3 Å². The van der Waals surface area contributed by atoms with Gasteiger partial charge in [-0.05, 0) is 37.8 Å². The molecule has 0 spiro atoms. The first kappa shape index (κ1) is 12.0. The molecular weight excluding hydrogens is 206 g/mol. The second-order valence-electron chi connectivity index (χ2n) is 3.37. The third kappa shape index (κ3) is 3.23. The molecule has 0 aliphatic rings. The van der Waals surface area contributed by atoms with Crippen molar-refractivity contribution < 1.29 is 0 Å².